The van der Waals surface area contributed by atoms with Crippen LogP contribution in [0, 0.1) is 0 Å². The Hall–Kier alpha value is -1.42. The largest absolute Gasteiger partial charge is 0.494 e. The van der Waals surface area contributed by atoms with Crippen molar-refractivity contribution in [3.63, 3.8) is 0 Å². The standard InChI is InChI=1S/C13H19NO3/c1-2-15-12-6-10(14)7-13(8-12)17-9-11-4-3-5-16-11/h6-8,11H,2-5,9,14H2,1H3. The van der Waals surface area contributed by atoms with Gasteiger partial charge >= 0.3 is 0 Å². The Bertz CT molecular complexity index is 362. The van der Waals surface area contributed by atoms with Crippen molar-refractivity contribution >= 4 is 5.69 Å². The van der Waals surface area contributed by atoms with Crippen LogP contribution >= 0.6 is 0 Å². The number of rotatable bonds is 5. The van der Waals surface area contributed by atoms with Gasteiger partial charge in [0.05, 0.1) is 12.7 Å². The fourth-order valence-corrected chi connectivity index (χ4v) is 1.89. The Morgan fingerprint density at radius 1 is 1.29 bits per heavy atom. The van der Waals surface area contributed by atoms with Gasteiger partial charge in [0.25, 0.3) is 0 Å². The molecule has 0 spiro atoms. The second-order valence-corrected chi connectivity index (χ2v) is 4.12. The number of ether oxygens (including phenoxy) is 3. The van der Waals surface area contributed by atoms with E-state index in [2.05, 4.69) is 0 Å². The van der Waals surface area contributed by atoms with Gasteiger partial charge in [0.1, 0.15) is 18.1 Å². The van der Waals surface area contributed by atoms with E-state index < -0.39 is 0 Å². The van der Waals surface area contributed by atoms with Crippen molar-refractivity contribution in [3.8, 4) is 11.5 Å². The normalized spacial score (nSPS) is 19.2. The number of benzene rings is 1. The van der Waals surface area contributed by atoms with Gasteiger partial charge in [-0.05, 0) is 19.8 Å². The van der Waals surface area contributed by atoms with Gasteiger partial charge in [-0.2, -0.15) is 0 Å². The molecule has 0 saturated carbocycles. The van der Waals surface area contributed by atoms with Crippen LogP contribution in [0.2, 0.25) is 0 Å². The molecule has 1 heterocycles. The summed E-state index contributed by atoms with van der Waals surface area (Å²) in [5, 5.41) is 0. The first-order valence-corrected chi connectivity index (χ1v) is 6.05. The average molecular weight is 237 g/mol. The minimum atomic E-state index is 0.215. The summed E-state index contributed by atoms with van der Waals surface area (Å²) in [4.78, 5) is 0. The molecule has 1 saturated heterocycles. The van der Waals surface area contributed by atoms with Gasteiger partial charge in [0.2, 0.25) is 0 Å². The summed E-state index contributed by atoms with van der Waals surface area (Å²) in [6, 6.07) is 5.45. The van der Waals surface area contributed by atoms with E-state index in [1.165, 1.54) is 0 Å². The molecule has 1 fully saturated rings. The topological polar surface area (TPSA) is 53.7 Å². The first-order chi connectivity index (χ1) is 8.28. The van der Waals surface area contributed by atoms with E-state index in [-0.39, 0.29) is 6.10 Å². The van der Waals surface area contributed by atoms with Crippen LogP contribution in [0.15, 0.2) is 18.2 Å². The van der Waals surface area contributed by atoms with Crippen LogP contribution in [0.3, 0.4) is 0 Å². The quantitative estimate of drug-likeness (QED) is 0.798. The summed E-state index contributed by atoms with van der Waals surface area (Å²) in [7, 11) is 0. The van der Waals surface area contributed by atoms with Crippen molar-refractivity contribution < 1.29 is 14.2 Å². The van der Waals surface area contributed by atoms with E-state index in [1.54, 1.807) is 12.1 Å². The molecule has 0 bridgehead atoms. The van der Waals surface area contributed by atoms with Crippen LogP contribution in [0.1, 0.15) is 19.8 Å². The molecule has 0 amide bonds. The fraction of sp³-hybridized carbons (Fsp3) is 0.538. The molecule has 1 atom stereocenters. The Morgan fingerprint density at radius 2 is 2.06 bits per heavy atom. The SMILES string of the molecule is CCOc1cc(N)cc(OCC2CCCO2)c1. The molecule has 2 N–H and O–H groups in total. The monoisotopic (exact) mass is 237 g/mol. The molecule has 1 aliphatic heterocycles. The summed E-state index contributed by atoms with van der Waals surface area (Å²) in [5.74, 6) is 1.48. The van der Waals surface area contributed by atoms with Gasteiger partial charge in [-0.3, -0.25) is 0 Å². The molecule has 4 heteroatoms. The second-order valence-electron chi connectivity index (χ2n) is 4.12. The lowest BCUT2D eigenvalue weighted by molar-refractivity contribution is 0.0679. The highest BCUT2D eigenvalue weighted by Crippen LogP contribution is 2.25. The van der Waals surface area contributed by atoms with E-state index in [0.717, 1.165) is 30.9 Å². The van der Waals surface area contributed by atoms with Crippen molar-refractivity contribution in [2.24, 2.45) is 0 Å². The molecular formula is C13H19NO3. The molecule has 1 aromatic rings. The molecule has 2 rings (SSSR count). The first kappa shape index (κ1) is 12.0. The van der Waals surface area contributed by atoms with Crippen molar-refractivity contribution in [3.05, 3.63) is 18.2 Å². The van der Waals surface area contributed by atoms with E-state index in [0.29, 0.717) is 18.9 Å². The summed E-state index contributed by atoms with van der Waals surface area (Å²) < 4.78 is 16.6. The average Bonchev–Trinajstić information content (AvgIpc) is 2.79. The maximum Gasteiger partial charge on any atom is 0.125 e. The van der Waals surface area contributed by atoms with Gasteiger partial charge in [0, 0.05) is 30.5 Å². The van der Waals surface area contributed by atoms with Crippen molar-refractivity contribution in [1.82, 2.24) is 0 Å². The lowest BCUT2D eigenvalue weighted by Crippen LogP contribution is -2.16. The number of nitrogen functional groups attached to an aromatic ring is 1. The summed E-state index contributed by atoms with van der Waals surface area (Å²) >= 11 is 0. The molecule has 4 nitrogen and oxygen atoms in total. The van der Waals surface area contributed by atoms with Crippen molar-refractivity contribution in [1.29, 1.82) is 0 Å². The molecular weight excluding hydrogens is 218 g/mol. The van der Waals surface area contributed by atoms with E-state index in [1.807, 2.05) is 13.0 Å². The zero-order valence-electron chi connectivity index (χ0n) is 10.1. The van der Waals surface area contributed by atoms with Crippen LogP contribution in [-0.2, 0) is 4.74 Å². The van der Waals surface area contributed by atoms with Crippen LogP contribution < -0.4 is 15.2 Å². The Labute approximate surface area is 102 Å². The van der Waals surface area contributed by atoms with E-state index in [9.17, 15) is 0 Å². The highest BCUT2D eigenvalue weighted by Gasteiger charge is 2.16. The third-order valence-corrected chi connectivity index (χ3v) is 2.67. The first-order valence-electron chi connectivity index (χ1n) is 6.05. The Morgan fingerprint density at radius 3 is 2.71 bits per heavy atom. The second kappa shape index (κ2) is 5.77. The van der Waals surface area contributed by atoms with Crippen LogP contribution in [0.25, 0.3) is 0 Å². The van der Waals surface area contributed by atoms with Gasteiger partial charge in [-0.1, -0.05) is 0 Å². The van der Waals surface area contributed by atoms with Crippen LogP contribution in [-0.4, -0.2) is 25.9 Å². The number of nitrogens with two attached hydrogens (primary N) is 1. The summed E-state index contributed by atoms with van der Waals surface area (Å²) in [5.41, 5.74) is 6.43. The van der Waals surface area contributed by atoms with Gasteiger partial charge < -0.3 is 19.9 Å². The number of hydrogen-bond acceptors (Lipinski definition) is 4. The minimum Gasteiger partial charge on any atom is -0.494 e. The Kier molecular flexibility index (Phi) is 4.09. The third-order valence-electron chi connectivity index (χ3n) is 2.67. The van der Waals surface area contributed by atoms with E-state index >= 15 is 0 Å². The molecule has 0 aliphatic carbocycles. The zero-order valence-corrected chi connectivity index (χ0v) is 10.1. The van der Waals surface area contributed by atoms with E-state index in [4.69, 9.17) is 19.9 Å². The smallest absolute Gasteiger partial charge is 0.125 e. The van der Waals surface area contributed by atoms with Gasteiger partial charge in [-0.15, -0.1) is 0 Å². The van der Waals surface area contributed by atoms with Crippen molar-refractivity contribution in [2.75, 3.05) is 25.6 Å². The lowest BCUT2D eigenvalue weighted by atomic mass is 10.2. The molecule has 0 aromatic heterocycles. The van der Waals surface area contributed by atoms with Gasteiger partial charge in [0.15, 0.2) is 0 Å². The summed E-state index contributed by atoms with van der Waals surface area (Å²) in [6.07, 6.45) is 2.41. The molecule has 1 aromatic carbocycles. The lowest BCUT2D eigenvalue weighted by Gasteiger charge is -2.13. The molecule has 1 unspecified atom stereocenters. The maximum atomic E-state index is 5.78. The highest BCUT2D eigenvalue weighted by molar-refractivity contribution is 5.50. The predicted octanol–water partition coefficient (Wildman–Crippen LogP) is 2.23. The molecule has 0 radical (unpaired) electrons. The minimum absolute atomic E-state index is 0.215. The number of anilines is 1. The van der Waals surface area contributed by atoms with Crippen molar-refractivity contribution in [2.45, 2.75) is 25.9 Å². The van der Waals surface area contributed by atoms with Gasteiger partial charge in [-0.25, -0.2) is 0 Å². The number of hydrogen-bond donors (Lipinski definition) is 1. The van der Waals surface area contributed by atoms with Crippen LogP contribution in [0.5, 0.6) is 11.5 Å². The predicted molar refractivity (Wildman–Crippen MR) is 66.5 cm³/mol. The highest BCUT2D eigenvalue weighted by atomic mass is 16.5. The fourth-order valence-electron chi connectivity index (χ4n) is 1.89. The third kappa shape index (κ3) is 3.53. The Balaban J connectivity index is 1.94. The zero-order chi connectivity index (χ0) is 12.1. The molecule has 94 valence electrons. The maximum absolute atomic E-state index is 5.78. The van der Waals surface area contributed by atoms with Crippen LogP contribution in [0.4, 0.5) is 5.69 Å². The molecule has 17 heavy (non-hydrogen) atoms. The summed E-state index contributed by atoms with van der Waals surface area (Å²) in [6.45, 7) is 3.98. The molecule has 1 aliphatic rings.